The zero-order chi connectivity index (χ0) is 15.7. The van der Waals surface area contributed by atoms with Crippen LogP contribution in [0.1, 0.15) is 6.42 Å². The second-order valence-electron chi connectivity index (χ2n) is 4.42. The van der Waals surface area contributed by atoms with Crippen molar-refractivity contribution < 1.29 is 40.0 Å². The van der Waals surface area contributed by atoms with Crippen molar-refractivity contribution in [3.05, 3.63) is 0 Å². The summed E-state index contributed by atoms with van der Waals surface area (Å²) in [6.07, 6.45) is -0.404. The lowest BCUT2D eigenvalue weighted by molar-refractivity contribution is -0.147. The van der Waals surface area contributed by atoms with Gasteiger partial charge in [-0.2, -0.15) is 16.8 Å². The molecule has 0 aromatic rings. The summed E-state index contributed by atoms with van der Waals surface area (Å²) in [5, 5.41) is 8.87. The summed E-state index contributed by atoms with van der Waals surface area (Å²) >= 11 is 0. The minimum Gasteiger partial charge on any atom is -0.480 e. The van der Waals surface area contributed by atoms with Gasteiger partial charge in [0.25, 0.3) is 10.1 Å². The fourth-order valence-corrected chi connectivity index (χ4v) is 3.50. The Bertz CT molecular complexity index is 612. The Morgan fingerprint density at radius 1 is 1.40 bits per heavy atom. The van der Waals surface area contributed by atoms with Gasteiger partial charge in [0.05, 0.1) is 5.75 Å². The molecule has 0 aliphatic carbocycles. The summed E-state index contributed by atoms with van der Waals surface area (Å²) in [6, 6.07) is -1.84. The number of carboxylic acids is 1. The summed E-state index contributed by atoms with van der Waals surface area (Å²) in [6.45, 7) is -0.408. The normalized spacial score (nSPS) is 22.0. The lowest BCUT2D eigenvalue weighted by Crippen LogP contribution is -2.46. The molecule has 0 saturated carbocycles. The van der Waals surface area contributed by atoms with E-state index in [9.17, 15) is 30.3 Å². The van der Waals surface area contributed by atoms with E-state index in [4.69, 9.17) is 9.66 Å². The van der Waals surface area contributed by atoms with Crippen LogP contribution in [0, 0.1) is 5.92 Å². The van der Waals surface area contributed by atoms with Crippen LogP contribution >= 0.6 is 0 Å². The Morgan fingerprint density at radius 2 is 1.95 bits per heavy atom. The molecular weight excluding hydrogens is 321 g/mol. The molecule has 2 unspecified atom stereocenters. The van der Waals surface area contributed by atoms with E-state index in [2.05, 4.69) is 0 Å². The number of hydrogen-bond donors (Lipinski definition) is 2. The number of halogens is 1. The van der Waals surface area contributed by atoms with Crippen LogP contribution in [0.15, 0.2) is 0 Å². The molecule has 1 aliphatic rings. The van der Waals surface area contributed by atoms with Crippen molar-refractivity contribution >= 4 is 32.2 Å². The largest absolute Gasteiger partial charge is 0.480 e. The third-order valence-electron chi connectivity index (χ3n) is 2.70. The van der Waals surface area contributed by atoms with Gasteiger partial charge < -0.3 is 10.0 Å². The quantitative estimate of drug-likeness (QED) is 0.440. The summed E-state index contributed by atoms with van der Waals surface area (Å²) in [5.74, 6) is -5.61. The van der Waals surface area contributed by atoms with Gasteiger partial charge in [0.1, 0.15) is 11.8 Å². The van der Waals surface area contributed by atoms with Crippen molar-refractivity contribution in [3.63, 3.8) is 0 Å². The average molecular weight is 333 g/mol. The number of amides is 1. The predicted molar refractivity (Wildman–Crippen MR) is 62.6 cm³/mol. The van der Waals surface area contributed by atoms with Crippen LogP contribution in [0.4, 0.5) is 3.89 Å². The van der Waals surface area contributed by atoms with E-state index in [1.807, 2.05) is 0 Å². The number of nitrogens with zero attached hydrogens (tertiary/aromatic N) is 1. The van der Waals surface area contributed by atoms with Crippen molar-refractivity contribution in [1.82, 2.24) is 4.90 Å². The maximum absolute atomic E-state index is 12.5. The molecule has 0 spiro atoms. The van der Waals surface area contributed by atoms with Gasteiger partial charge in [-0.05, 0) is 0 Å². The minimum atomic E-state index is -4.83. The highest BCUT2D eigenvalue weighted by atomic mass is 32.3. The maximum Gasteiger partial charge on any atom is 0.327 e. The zero-order valence-corrected chi connectivity index (χ0v) is 11.6. The highest BCUT2D eigenvalue weighted by Gasteiger charge is 2.41. The first-order valence-corrected chi connectivity index (χ1v) is 8.45. The number of aliphatic carboxylic acids is 1. The number of hydrogen-bond acceptors (Lipinski definition) is 6. The monoisotopic (exact) mass is 333 g/mol. The van der Waals surface area contributed by atoms with Crippen molar-refractivity contribution in [1.29, 1.82) is 0 Å². The molecule has 1 amide bonds. The Kier molecular flexibility index (Phi) is 4.71. The standard InChI is InChI=1S/C8H12FNO8S2/c9-19(14,15)3-5-1-7(11)10(2-5)6(8(12)13)4-20(16,17)18/h5-6H,1-4H2,(H,12,13)(H,16,17,18). The predicted octanol–water partition coefficient (Wildman–Crippen LogP) is -1.52. The first kappa shape index (κ1) is 16.8. The van der Waals surface area contributed by atoms with Gasteiger partial charge >= 0.3 is 16.2 Å². The molecule has 1 heterocycles. The maximum atomic E-state index is 12.5. The summed E-state index contributed by atoms with van der Waals surface area (Å²) in [5.41, 5.74) is 0. The van der Waals surface area contributed by atoms with E-state index in [-0.39, 0.29) is 0 Å². The van der Waals surface area contributed by atoms with E-state index in [0.29, 0.717) is 4.90 Å². The van der Waals surface area contributed by atoms with Crippen LogP contribution in [0.3, 0.4) is 0 Å². The molecule has 1 saturated heterocycles. The molecule has 1 fully saturated rings. The van der Waals surface area contributed by atoms with E-state index in [1.54, 1.807) is 0 Å². The lowest BCUT2D eigenvalue weighted by atomic mass is 10.1. The van der Waals surface area contributed by atoms with Gasteiger partial charge in [-0.1, -0.05) is 0 Å². The fourth-order valence-electron chi connectivity index (χ4n) is 2.00. The SMILES string of the molecule is O=C(O)C(CS(=O)(=O)O)N1CC(CS(=O)(=O)F)CC1=O. The summed E-state index contributed by atoms with van der Waals surface area (Å²) in [7, 11) is -9.48. The third-order valence-corrected chi connectivity index (χ3v) is 4.31. The lowest BCUT2D eigenvalue weighted by Gasteiger charge is -2.23. The van der Waals surface area contributed by atoms with Crippen LogP contribution < -0.4 is 0 Å². The van der Waals surface area contributed by atoms with E-state index in [1.165, 1.54) is 0 Å². The van der Waals surface area contributed by atoms with Crippen LogP contribution in [0.2, 0.25) is 0 Å². The van der Waals surface area contributed by atoms with Crippen LogP contribution in [-0.2, 0) is 29.9 Å². The topological polar surface area (TPSA) is 146 Å². The van der Waals surface area contributed by atoms with E-state index in [0.717, 1.165) is 0 Å². The fraction of sp³-hybridized carbons (Fsp3) is 0.750. The van der Waals surface area contributed by atoms with Gasteiger partial charge in [0.2, 0.25) is 5.91 Å². The number of carbonyl (C=O) groups is 2. The molecule has 0 bridgehead atoms. The molecule has 2 N–H and O–H groups in total. The molecule has 1 aliphatic heterocycles. The smallest absolute Gasteiger partial charge is 0.327 e. The summed E-state index contributed by atoms with van der Waals surface area (Å²) in [4.78, 5) is 23.1. The zero-order valence-electron chi connectivity index (χ0n) is 9.97. The van der Waals surface area contributed by atoms with Gasteiger partial charge in [-0.3, -0.25) is 9.35 Å². The van der Waals surface area contributed by atoms with Gasteiger partial charge in [-0.15, -0.1) is 3.89 Å². The molecule has 2 atom stereocenters. The summed E-state index contributed by atoms with van der Waals surface area (Å²) < 4.78 is 63.6. The van der Waals surface area contributed by atoms with Crippen molar-refractivity contribution in [3.8, 4) is 0 Å². The van der Waals surface area contributed by atoms with Crippen LogP contribution in [-0.4, -0.2) is 67.4 Å². The van der Waals surface area contributed by atoms with Crippen LogP contribution in [0.25, 0.3) is 0 Å². The van der Waals surface area contributed by atoms with Crippen LogP contribution in [0.5, 0.6) is 0 Å². The number of rotatable bonds is 6. The second-order valence-corrected chi connectivity index (χ2v) is 7.33. The highest BCUT2D eigenvalue weighted by Crippen LogP contribution is 2.23. The van der Waals surface area contributed by atoms with Crippen molar-refractivity contribution in [2.75, 3.05) is 18.1 Å². The molecular formula is C8H12FNO8S2. The Balaban J connectivity index is 2.89. The minimum absolute atomic E-state index is 0.404. The Hall–Kier alpha value is -1.27. The van der Waals surface area contributed by atoms with Gasteiger partial charge in [0.15, 0.2) is 0 Å². The first-order chi connectivity index (χ1) is 8.89. The Morgan fingerprint density at radius 3 is 2.35 bits per heavy atom. The van der Waals surface area contributed by atoms with Crippen molar-refractivity contribution in [2.24, 2.45) is 5.92 Å². The Labute approximate surface area is 114 Å². The molecule has 0 radical (unpaired) electrons. The number of carbonyl (C=O) groups excluding carboxylic acids is 1. The number of carboxylic acid groups (broad SMARTS) is 1. The first-order valence-electron chi connectivity index (χ1n) is 5.29. The molecule has 9 nitrogen and oxygen atoms in total. The average Bonchev–Trinajstić information content (AvgIpc) is 2.51. The highest BCUT2D eigenvalue weighted by molar-refractivity contribution is 7.86. The van der Waals surface area contributed by atoms with Gasteiger partial charge in [0, 0.05) is 18.9 Å². The van der Waals surface area contributed by atoms with Crippen molar-refractivity contribution in [2.45, 2.75) is 12.5 Å². The van der Waals surface area contributed by atoms with Gasteiger partial charge in [-0.25, -0.2) is 4.79 Å². The third kappa shape index (κ3) is 5.02. The number of likely N-dealkylation sites (tertiary alicyclic amines) is 1. The molecule has 1 rings (SSSR count). The second kappa shape index (κ2) is 5.61. The molecule has 0 aromatic carbocycles. The molecule has 20 heavy (non-hydrogen) atoms. The van der Waals surface area contributed by atoms with E-state index < -0.39 is 68.6 Å². The molecule has 116 valence electrons. The molecule has 12 heteroatoms. The molecule has 0 aromatic heterocycles. The van der Waals surface area contributed by atoms with E-state index >= 15 is 0 Å².